The van der Waals surface area contributed by atoms with Crippen LogP contribution < -0.4 is 10.2 Å². The fourth-order valence-corrected chi connectivity index (χ4v) is 3.23. The number of nitrogens with zero attached hydrogens (tertiary/aromatic N) is 2. The molecule has 25 heavy (non-hydrogen) atoms. The molecule has 0 atom stereocenters. The second-order valence-corrected chi connectivity index (χ2v) is 6.54. The van der Waals surface area contributed by atoms with E-state index in [1.807, 2.05) is 12.1 Å². The van der Waals surface area contributed by atoms with E-state index in [2.05, 4.69) is 63.6 Å². The topological polar surface area (TPSA) is 35.6 Å². The van der Waals surface area contributed by atoms with Crippen LogP contribution in [-0.2, 0) is 11.2 Å². The number of carbonyl (C=O) groups is 1. The van der Waals surface area contributed by atoms with E-state index in [1.165, 1.54) is 11.3 Å². The molecule has 1 N–H and O–H groups in total. The van der Waals surface area contributed by atoms with Gasteiger partial charge in [0.25, 0.3) is 0 Å². The zero-order valence-electron chi connectivity index (χ0n) is 14.7. The van der Waals surface area contributed by atoms with Crippen LogP contribution in [0.5, 0.6) is 0 Å². The minimum atomic E-state index is 0.140. The molecular formula is C21H27N3O. The number of piperazine rings is 1. The van der Waals surface area contributed by atoms with E-state index in [4.69, 9.17) is 0 Å². The highest BCUT2D eigenvalue weighted by molar-refractivity contribution is 5.78. The van der Waals surface area contributed by atoms with Crippen LogP contribution in [0.1, 0.15) is 12.0 Å². The van der Waals surface area contributed by atoms with E-state index in [-0.39, 0.29) is 5.91 Å². The third kappa shape index (κ3) is 5.61. The highest BCUT2D eigenvalue weighted by atomic mass is 16.2. The van der Waals surface area contributed by atoms with Gasteiger partial charge in [-0.1, -0.05) is 48.5 Å². The van der Waals surface area contributed by atoms with Gasteiger partial charge in [-0.3, -0.25) is 9.69 Å². The summed E-state index contributed by atoms with van der Waals surface area (Å²) in [7, 11) is 0. The van der Waals surface area contributed by atoms with Gasteiger partial charge >= 0.3 is 0 Å². The van der Waals surface area contributed by atoms with E-state index in [0.717, 1.165) is 45.6 Å². The highest BCUT2D eigenvalue weighted by Crippen LogP contribution is 2.15. The standard InChI is InChI=1S/C21H27N3O/c25-21(22-13-7-10-19-8-3-1-4-9-19)18-23-14-16-24(17-15-23)20-11-5-2-6-12-20/h1-6,8-9,11-12H,7,10,13-18H2,(H,22,25). The Hall–Kier alpha value is -2.33. The van der Waals surface area contributed by atoms with Crippen molar-refractivity contribution in [3.05, 3.63) is 66.2 Å². The molecule has 3 rings (SSSR count). The van der Waals surface area contributed by atoms with E-state index in [0.29, 0.717) is 6.54 Å². The van der Waals surface area contributed by atoms with Crippen molar-refractivity contribution in [2.24, 2.45) is 0 Å². The molecule has 1 heterocycles. The Balaban J connectivity index is 1.31. The van der Waals surface area contributed by atoms with Crippen LogP contribution in [0.2, 0.25) is 0 Å². The average Bonchev–Trinajstić information content (AvgIpc) is 2.67. The first-order valence-corrected chi connectivity index (χ1v) is 9.14. The quantitative estimate of drug-likeness (QED) is 0.789. The summed E-state index contributed by atoms with van der Waals surface area (Å²) in [5, 5.41) is 3.05. The maximum Gasteiger partial charge on any atom is 0.234 e. The summed E-state index contributed by atoms with van der Waals surface area (Å²) in [4.78, 5) is 16.7. The average molecular weight is 337 g/mol. The van der Waals surface area contributed by atoms with Crippen LogP contribution in [-0.4, -0.2) is 50.1 Å². The number of amides is 1. The predicted octanol–water partition coefficient (Wildman–Crippen LogP) is 2.56. The summed E-state index contributed by atoms with van der Waals surface area (Å²) < 4.78 is 0. The Morgan fingerprint density at radius 2 is 1.52 bits per heavy atom. The number of carbonyl (C=O) groups excluding carboxylic acids is 1. The van der Waals surface area contributed by atoms with Gasteiger partial charge in [-0.25, -0.2) is 0 Å². The van der Waals surface area contributed by atoms with E-state index >= 15 is 0 Å². The Bertz CT molecular complexity index is 637. The van der Waals surface area contributed by atoms with Crippen molar-refractivity contribution in [3.63, 3.8) is 0 Å². The van der Waals surface area contributed by atoms with Crippen molar-refractivity contribution < 1.29 is 4.79 Å². The molecule has 2 aromatic carbocycles. The number of aryl methyl sites for hydroxylation is 1. The van der Waals surface area contributed by atoms with Gasteiger partial charge in [-0.2, -0.15) is 0 Å². The molecule has 0 spiro atoms. The molecule has 0 aromatic heterocycles. The summed E-state index contributed by atoms with van der Waals surface area (Å²) in [5.41, 5.74) is 2.60. The Morgan fingerprint density at radius 1 is 0.880 bits per heavy atom. The highest BCUT2D eigenvalue weighted by Gasteiger charge is 2.18. The van der Waals surface area contributed by atoms with E-state index in [9.17, 15) is 4.79 Å². The normalized spacial score (nSPS) is 15.1. The van der Waals surface area contributed by atoms with Crippen molar-refractivity contribution in [3.8, 4) is 0 Å². The maximum absolute atomic E-state index is 12.1. The smallest absolute Gasteiger partial charge is 0.234 e. The lowest BCUT2D eigenvalue weighted by Gasteiger charge is -2.35. The van der Waals surface area contributed by atoms with Gasteiger partial charge in [-0.15, -0.1) is 0 Å². The van der Waals surface area contributed by atoms with Crippen LogP contribution in [0.4, 0.5) is 5.69 Å². The summed E-state index contributed by atoms with van der Waals surface area (Å²) in [6, 6.07) is 20.9. The summed E-state index contributed by atoms with van der Waals surface area (Å²) >= 11 is 0. The predicted molar refractivity (Wildman–Crippen MR) is 103 cm³/mol. The number of hydrogen-bond donors (Lipinski definition) is 1. The molecule has 1 fully saturated rings. The Morgan fingerprint density at radius 3 is 2.20 bits per heavy atom. The minimum absolute atomic E-state index is 0.140. The lowest BCUT2D eigenvalue weighted by Crippen LogP contribution is -2.49. The van der Waals surface area contributed by atoms with E-state index in [1.54, 1.807) is 0 Å². The molecule has 0 saturated carbocycles. The summed E-state index contributed by atoms with van der Waals surface area (Å²) in [5.74, 6) is 0.140. The second kappa shape index (κ2) is 9.23. The lowest BCUT2D eigenvalue weighted by atomic mass is 10.1. The first-order chi connectivity index (χ1) is 12.3. The van der Waals surface area contributed by atoms with Crippen LogP contribution in [0.15, 0.2) is 60.7 Å². The number of anilines is 1. The van der Waals surface area contributed by atoms with E-state index < -0.39 is 0 Å². The third-order valence-corrected chi connectivity index (χ3v) is 4.67. The van der Waals surface area contributed by atoms with Crippen molar-refractivity contribution >= 4 is 11.6 Å². The molecule has 4 heteroatoms. The minimum Gasteiger partial charge on any atom is -0.369 e. The van der Waals surface area contributed by atoms with Gasteiger partial charge in [0.1, 0.15) is 0 Å². The van der Waals surface area contributed by atoms with Gasteiger partial charge in [0.15, 0.2) is 0 Å². The third-order valence-electron chi connectivity index (χ3n) is 4.67. The molecule has 4 nitrogen and oxygen atoms in total. The van der Waals surface area contributed by atoms with Crippen molar-refractivity contribution in [1.29, 1.82) is 0 Å². The second-order valence-electron chi connectivity index (χ2n) is 6.54. The molecule has 0 bridgehead atoms. The molecule has 1 aliphatic heterocycles. The Kier molecular flexibility index (Phi) is 6.46. The van der Waals surface area contributed by atoms with Crippen LogP contribution in [0.25, 0.3) is 0 Å². The van der Waals surface area contributed by atoms with Crippen molar-refractivity contribution in [2.45, 2.75) is 12.8 Å². The molecule has 2 aromatic rings. The summed E-state index contributed by atoms with van der Waals surface area (Å²) in [6.07, 6.45) is 1.99. The number of nitrogens with one attached hydrogen (secondary N) is 1. The zero-order valence-corrected chi connectivity index (χ0v) is 14.7. The van der Waals surface area contributed by atoms with Crippen molar-refractivity contribution in [1.82, 2.24) is 10.2 Å². The molecule has 0 aliphatic carbocycles. The number of hydrogen-bond acceptors (Lipinski definition) is 3. The molecule has 1 aliphatic rings. The molecule has 0 radical (unpaired) electrons. The van der Waals surface area contributed by atoms with Gasteiger partial charge in [0.05, 0.1) is 6.54 Å². The first kappa shape index (κ1) is 17.5. The molecule has 0 unspecified atom stereocenters. The maximum atomic E-state index is 12.1. The fraction of sp³-hybridized carbons (Fsp3) is 0.381. The monoisotopic (exact) mass is 337 g/mol. The number of rotatable bonds is 7. The lowest BCUT2D eigenvalue weighted by molar-refractivity contribution is -0.122. The largest absolute Gasteiger partial charge is 0.369 e. The van der Waals surface area contributed by atoms with Gasteiger partial charge in [0.2, 0.25) is 5.91 Å². The van der Waals surface area contributed by atoms with Crippen LogP contribution in [0.3, 0.4) is 0 Å². The SMILES string of the molecule is O=C(CN1CCN(c2ccccc2)CC1)NCCCc1ccccc1. The summed E-state index contributed by atoms with van der Waals surface area (Å²) in [6.45, 7) is 5.08. The number of para-hydroxylation sites is 1. The zero-order chi connectivity index (χ0) is 17.3. The van der Waals surface area contributed by atoms with Gasteiger partial charge in [-0.05, 0) is 30.5 Å². The van der Waals surface area contributed by atoms with Crippen LogP contribution >= 0.6 is 0 Å². The Labute approximate surface area is 150 Å². The van der Waals surface area contributed by atoms with Gasteiger partial charge in [0, 0.05) is 38.4 Å². The fourth-order valence-electron chi connectivity index (χ4n) is 3.23. The van der Waals surface area contributed by atoms with Crippen LogP contribution in [0, 0.1) is 0 Å². The molecule has 1 saturated heterocycles. The molecule has 1 amide bonds. The van der Waals surface area contributed by atoms with Gasteiger partial charge < -0.3 is 10.2 Å². The molecule has 132 valence electrons. The first-order valence-electron chi connectivity index (χ1n) is 9.14. The van der Waals surface area contributed by atoms with Crippen molar-refractivity contribution in [2.75, 3.05) is 44.2 Å². The number of benzene rings is 2. The molecular weight excluding hydrogens is 310 g/mol.